The van der Waals surface area contributed by atoms with Crippen LogP contribution in [0.1, 0.15) is 19.3 Å². The molecule has 0 atom stereocenters. The smallest absolute Gasteiger partial charge is 0.238 e. The molecule has 1 aromatic heterocycles. The first kappa shape index (κ1) is 9.79. The number of hydrogen-bond donors (Lipinski definition) is 1. The molecule has 2 rings (SSSR count). The van der Waals surface area contributed by atoms with Gasteiger partial charge in [-0.05, 0) is 36.9 Å². The van der Waals surface area contributed by atoms with Gasteiger partial charge in [0.15, 0.2) is 0 Å². The molecule has 6 heteroatoms. The Morgan fingerprint density at radius 1 is 1.64 bits per heavy atom. The predicted molar refractivity (Wildman–Crippen MR) is 53.4 cm³/mol. The van der Waals surface area contributed by atoms with E-state index < -0.39 is 0 Å². The first-order valence-electron chi connectivity index (χ1n) is 4.73. The van der Waals surface area contributed by atoms with Gasteiger partial charge in [0, 0.05) is 20.3 Å². The summed E-state index contributed by atoms with van der Waals surface area (Å²) in [5.74, 6) is 0. The monoisotopic (exact) mass is 214 g/mol. The molecule has 0 aromatic carbocycles. The first-order valence-corrected chi connectivity index (χ1v) is 5.13. The van der Waals surface area contributed by atoms with E-state index in [4.69, 9.17) is 17.0 Å². The molecule has 78 valence electrons. The van der Waals surface area contributed by atoms with E-state index in [0.717, 1.165) is 19.6 Å². The molecule has 0 radical (unpaired) electrons. The number of hydrogen-bond acceptors (Lipinski definition) is 4. The van der Waals surface area contributed by atoms with E-state index in [-0.39, 0.29) is 0 Å². The van der Waals surface area contributed by atoms with E-state index in [9.17, 15) is 0 Å². The first-order chi connectivity index (χ1) is 6.76. The van der Waals surface area contributed by atoms with Crippen LogP contribution in [0.15, 0.2) is 0 Å². The maximum absolute atomic E-state index is 5.09. The molecule has 5 nitrogen and oxygen atoms in total. The lowest BCUT2D eigenvalue weighted by molar-refractivity contribution is 0.165. The average Bonchev–Trinajstić information content (AvgIpc) is 2.83. The van der Waals surface area contributed by atoms with Crippen LogP contribution in [0.5, 0.6) is 0 Å². The summed E-state index contributed by atoms with van der Waals surface area (Å²) in [7, 11) is 1.74. The summed E-state index contributed by atoms with van der Waals surface area (Å²) in [6.07, 6.45) is 3.58. The van der Waals surface area contributed by atoms with Crippen molar-refractivity contribution in [3.63, 3.8) is 0 Å². The lowest BCUT2D eigenvalue weighted by Gasteiger charge is -2.13. The second-order valence-electron chi connectivity index (χ2n) is 3.91. The van der Waals surface area contributed by atoms with E-state index in [0.29, 0.717) is 10.2 Å². The minimum absolute atomic E-state index is 0.377. The lowest BCUT2D eigenvalue weighted by Crippen LogP contribution is -2.15. The Bertz CT molecular complexity index is 354. The third-order valence-electron chi connectivity index (χ3n) is 2.82. The highest BCUT2D eigenvalue weighted by Crippen LogP contribution is 2.49. The average molecular weight is 214 g/mol. The summed E-state index contributed by atoms with van der Waals surface area (Å²) < 4.78 is 7.46. The van der Waals surface area contributed by atoms with Crippen LogP contribution in [0, 0.1) is 10.2 Å². The standard InChI is InChI=1S/C8H14N4OS/c1-13-5-4-8(2-3-8)6-12-7(14)9-10-11-12/h2-6H2,1H3,(H,9,11,14). The molecule has 0 amide bonds. The van der Waals surface area contributed by atoms with Crippen molar-refractivity contribution in [2.24, 2.45) is 5.41 Å². The van der Waals surface area contributed by atoms with Crippen molar-refractivity contribution in [1.82, 2.24) is 20.2 Å². The minimum Gasteiger partial charge on any atom is -0.385 e. The van der Waals surface area contributed by atoms with E-state index in [2.05, 4.69) is 15.5 Å². The van der Waals surface area contributed by atoms with Crippen LogP contribution in [-0.2, 0) is 11.3 Å². The van der Waals surface area contributed by atoms with E-state index in [1.165, 1.54) is 12.8 Å². The molecular weight excluding hydrogens is 200 g/mol. The topological polar surface area (TPSA) is 55.7 Å². The Morgan fingerprint density at radius 2 is 2.43 bits per heavy atom. The molecule has 0 saturated heterocycles. The largest absolute Gasteiger partial charge is 0.385 e. The molecule has 1 aromatic rings. The van der Waals surface area contributed by atoms with Gasteiger partial charge in [-0.25, -0.2) is 4.68 Å². The normalized spacial score (nSPS) is 18.4. The van der Waals surface area contributed by atoms with Gasteiger partial charge in [0.2, 0.25) is 4.77 Å². The van der Waals surface area contributed by atoms with Crippen LogP contribution < -0.4 is 0 Å². The Morgan fingerprint density at radius 3 is 2.93 bits per heavy atom. The number of rotatable bonds is 5. The molecule has 1 aliphatic rings. The van der Waals surface area contributed by atoms with Crippen molar-refractivity contribution in [3.05, 3.63) is 4.77 Å². The maximum atomic E-state index is 5.09. The number of nitrogens with zero attached hydrogens (tertiary/aromatic N) is 3. The Kier molecular flexibility index (Phi) is 2.64. The van der Waals surface area contributed by atoms with Crippen molar-refractivity contribution in [3.8, 4) is 0 Å². The van der Waals surface area contributed by atoms with Crippen molar-refractivity contribution in [1.29, 1.82) is 0 Å². The fraction of sp³-hybridized carbons (Fsp3) is 0.875. The van der Waals surface area contributed by atoms with Crippen LogP contribution in [0.4, 0.5) is 0 Å². The van der Waals surface area contributed by atoms with Gasteiger partial charge in [-0.2, -0.15) is 5.21 Å². The number of nitrogens with one attached hydrogen (secondary N) is 1. The molecule has 14 heavy (non-hydrogen) atoms. The summed E-state index contributed by atoms with van der Waals surface area (Å²) in [5, 5.41) is 10.2. The zero-order valence-electron chi connectivity index (χ0n) is 8.19. The minimum atomic E-state index is 0.377. The van der Waals surface area contributed by atoms with Crippen molar-refractivity contribution in [2.75, 3.05) is 13.7 Å². The third kappa shape index (κ3) is 2.01. The summed E-state index contributed by atoms with van der Waals surface area (Å²) >= 11 is 5.02. The highest BCUT2D eigenvalue weighted by molar-refractivity contribution is 7.71. The van der Waals surface area contributed by atoms with Gasteiger partial charge >= 0.3 is 0 Å². The number of tetrazole rings is 1. The molecule has 0 aliphatic heterocycles. The number of methoxy groups -OCH3 is 1. The molecular formula is C8H14N4OS. The molecule has 0 bridgehead atoms. The Balaban J connectivity index is 1.97. The fourth-order valence-electron chi connectivity index (χ4n) is 1.64. The second-order valence-corrected chi connectivity index (χ2v) is 4.28. The van der Waals surface area contributed by atoms with Crippen LogP contribution in [0.2, 0.25) is 0 Å². The fourth-order valence-corrected chi connectivity index (χ4v) is 1.78. The SMILES string of the molecule is COCCC1(Cn2[nH]nnc2=S)CC1. The van der Waals surface area contributed by atoms with Crippen molar-refractivity contribution >= 4 is 12.2 Å². The zero-order chi connectivity index (χ0) is 10.0. The molecule has 1 saturated carbocycles. The summed E-state index contributed by atoms with van der Waals surface area (Å²) in [4.78, 5) is 0. The molecule has 1 heterocycles. The summed E-state index contributed by atoms with van der Waals surface area (Å²) in [5.41, 5.74) is 0.377. The van der Waals surface area contributed by atoms with Crippen LogP contribution in [0.3, 0.4) is 0 Å². The lowest BCUT2D eigenvalue weighted by atomic mass is 10.0. The number of aromatic amines is 1. The van der Waals surface area contributed by atoms with Gasteiger partial charge in [-0.3, -0.25) is 0 Å². The predicted octanol–water partition coefficient (Wildman–Crippen LogP) is 1.15. The van der Waals surface area contributed by atoms with Crippen molar-refractivity contribution < 1.29 is 4.74 Å². The molecule has 0 spiro atoms. The van der Waals surface area contributed by atoms with Gasteiger partial charge in [-0.1, -0.05) is 10.3 Å². The molecule has 1 fully saturated rings. The second kappa shape index (κ2) is 3.78. The van der Waals surface area contributed by atoms with E-state index >= 15 is 0 Å². The maximum Gasteiger partial charge on any atom is 0.238 e. The van der Waals surface area contributed by atoms with Gasteiger partial charge in [0.25, 0.3) is 0 Å². The molecule has 1 aliphatic carbocycles. The third-order valence-corrected chi connectivity index (χ3v) is 3.12. The van der Waals surface area contributed by atoms with Gasteiger partial charge in [0.05, 0.1) is 0 Å². The highest BCUT2D eigenvalue weighted by atomic mass is 32.1. The Labute approximate surface area is 87.4 Å². The number of H-pyrrole nitrogens is 1. The number of ether oxygens (including phenoxy) is 1. The summed E-state index contributed by atoms with van der Waals surface area (Å²) in [6.45, 7) is 1.71. The van der Waals surface area contributed by atoms with E-state index in [1.807, 2.05) is 4.68 Å². The summed E-state index contributed by atoms with van der Waals surface area (Å²) in [6, 6.07) is 0. The highest BCUT2D eigenvalue weighted by Gasteiger charge is 2.42. The van der Waals surface area contributed by atoms with Gasteiger partial charge in [-0.15, -0.1) is 0 Å². The zero-order valence-corrected chi connectivity index (χ0v) is 9.01. The number of aromatic nitrogens is 4. The van der Waals surface area contributed by atoms with Crippen LogP contribution >= 0.6 is 12.2 Å². The van der Waals surface area contributed by atoms with Crippen molar-refractivity contribution in [2.45, 2.75) is 25.8 Å². The van der Waals surface area contributed by atoms with Crippen LogP contribution in [0.25, 0.3) is 0 Å². The quantitative estimate of drug-likeness (QED) is 0.747. The Hall–Kier alpha value is -0.750. The van der Waals surface area contributed by atoms with E-state index in [1.54, 1.807) is 7.11 Å². The molecule has 0 unspecified atom stereocenters. The van der Waals surface area contributed by atoms with Crippen LogP contribution in [-0.4, -0.2) is 33.9 Å². The van der Waals surface area contributed by atoms with Gasteiger partial charge in [0.1, 0.15) is 0 Å². The van der Waals surface area contributed by atoms with Gasteiger partial charge < -0.3 is 4.74 Å². The molecule has 1 N–H and O–H groups in total.